The highest BCUT2D eigenvalue weighted by molar-refractivity contribution is 6.02. The fraction of sp³-hybridized carbons (Fsp3) is 0.190. The van der Waals surface area contributed by atoms with E-state index >= 15 is 0 Å². The zero-order valence-corrected chi connectivity index (χ0v) is 16.0. The number of imide groups is 1. The van der Waals surface area contributed by atoms with Gasteiger partial charge < -0.3 is 19.5 Å². The van der Waals surface area contributed by atoms with Crippen molar-refractivity contribution in [1.29, 1.82) is 0 Å². The van der Waals surface area contributed by atoms with Crippen LogP contribution in [0.15, 0.2) is 42.5 Å². The Hall–Kier alpha value is -3.81. The number of carbonyl (C=O) groups is 3. The van der Waals surface area contributed by atoms with Crippen molar-refractivity contribution < 1.29 is 28.6 Å². The Balaban J connectivity index is 1.44. The molecule has 0 saturated carbocycles. The second kappa shape index (κ2) is 8.92. The summed E-state index contributed by atoms with van der Waals surface area (Å²) in [4.78, 5) is 35.5. The van der Waals surface area contributed by atoms with Crippen LogP contribution in [0, 0.1) is 13.8 Å². The first-order chi connectivity index (χ1) is 13.9. The van der Waals surface area contributed by atoms with Gasteiger partial charge in [-0.15, -0.1) is 0 Å². The zero-order valence-electron chi connectivity index (χ0n) is 16.0. The molecule has 0 unspecified atom stereocenters. The van der Waals surface area contributed by atoms with Crippen molar-refractivity contribution in [3.8, 4) is 11.5 Å². The van der Waals surface area contributed by atoms with Crippen molar-refractivity contribution in [1.82, 2.24) is 5.32 Å². The van der Waals surface area contributed by atoms with Gasteiger partial charge >= 0.3 is 12.0 Å². The van der Waals surface area contributed by atoms with Crippen LogP contribution in [0.2, 0.25) is 0 Å². The molecule has 0 spiro atoms. The number of rotatable bonds is 5. The molecule has 3 rings (SSSR count). The van der Waals surface area contributed by atoms with Crippen molar-refractivity contribution in [2.75, 3.05) is 18.7 Å². The molecule has 150 valence electrons. The molecule has 1 aliphatic heterocycles. The van der Waals surface area contributed by atoms with Gasteiger partial charge in [0.15, 0.2) is 18.1 Å². The van der Waals surface area contributed by atoms with Crippen molar-refractivity contribution in [2.24, 2.45) is 0 Å². The molecule has 29 heavy (non-hydrogen) atoms. The minimum Gasteiger partial charge on any atom is -0.454 e. The molecule has 0 radical (unpaired) electrons. The van der Waals surface area contributed by atoms with Gasteiger partial charge in [0.1, 0.15) is 0 Å². The van der Waals surface area contributed by atoms with E-state index in [1.807, 2.05) is 19.9 Å². The summed E-state index contributed by atoms with van der Waals surface area (Å²) in [6.45, 7) is 3.36. The van der Waals surface area contributed by atoms with Gasteiger partial charge in [0.2, 0.25) is 6.79 Å². The number of amides is 3. The molecule has 8 nitrogen and oxygen atoms in total. The van der Waals surface area contributed by atoms with Gasteiger partial charge in [0.05, 0.1) is 0 Å². The van der Waals surface area contributed by atoms with Gasteiger partial charge in [-0.1, -0.05) is 18.2 Å². The van der Waals surface area contributed by atoms with Crippen LogP contribution in [0.3, 0.4) is 0 Å². The van der Waals surface area contributed by atoms with Gasteiger partial charge in [-0.25, -0.2) is 9.59 Å². The first-order valence-electron chi connectivity index (χ1n) is 8.84. The highest BCUT2D eigenvalue weighted by atomic mass is 16.7. The third-order valence-corrected chi connectivity index (χ3v) is 4.26. The molecule has 0 aliphatic carbocycles. The van der Waals surface area contributed by atoms with E-state index in [-0.39, 0.29) is 6.79 Å². The number of esters is 1. The molecule has 2 aromatic rings. The standard InChI is InChI=1S/C21H20N2O6/c1-13-4-3-5-16(14(13)2)22-21(26)23-19(24)11-27-20(25)9-7-15-6-8-17-18(10-15)29-12-28-17/h3-10H,11-12H2,1-2H3,(H2,22,23,24,26)/b9-7+. The van der Waals surface area contributed by atoms with Crippen LogP contribution in [-0.2, 0) is 14.3 Å². The summed E-state index contributed by atoms with van der Waals surface area (Å²) in [5.41, 5.74) is 3.22. The summed E-state index contributed by atoms with van der Waals surface area (Å²) in [5, 5.41) is 4.70. The summed E-state index contributed by atoms with van der Waals surface area (Å²) < 4.78 is 15.3. The van der Waals surface area contributed by atoms with Gasteiger partial charge in [-0.2, -0.15) is 0 Å². The summed E-state index contributed by atoms with van der Waals surface area (Å²) >= 11 is 0. The minimum atomic E-state index is -0.738. The highest BCUT2D eigenvalue weighted by Crippen LogP contribution is 2.32. The van der Waals surface area contributed by atoms with Crippen LogP contribution in [0.1, 0.15) is 16.7 Å². The first-order valence-corrected chi connectivity index (χ1v) is 8.84. The zero-order chi connectivity index (χ0) is 20.8. The minimum absolute atomic E-state index is 0.163. The SMILES string of the molecule is Cc1cccc(NC(=O)NC(=O)COC(=O)/C=C/c2ccc3c(c2)OCO3)c1C. The molecule has 0 saturated heterocycles. The normalized spacial score (nSPS) is 11.9. The predicted molar refractivity (Wildman–Crippen MR) is 106 cm³/mol. The molecular formula is C21H20N2O6. The summed E-state index contributed by atoms with van der Waals surface area (Å²) in [6, 6.07) is 9.95. The van der Waals surface area contributed by atoms with Crippen LogP contribution in [0.5, 0.6) is 11.5 Å². The van der Waals surface area contributed by atoms with Crippen LogP contribution >= 0.6 is 0 Å². The van der Waals surface area contributed by atoms with Crippen molar-refractivity contribution >= 4 is 29.7 Å². The molecule has 0 fully saturated rings. The number of benzene rings is 2. The third-order valence-electron chi connectivity index (χ3n) is 4.26. The number of hydrogen-bond donors (Lipinski definition) is 2. The maximum absolute atomic E-state index is 11.9. The maximum atomic E-state index is 11.9. The van der Waals surface area contributed by atoms with Gasteiger partial charge in [-0.05, 0) is 54.8 Å². The number of hydrogen-bond acceptors (Lipinski definition) is 6. The smallest absolute Gasteiger partial charge is 0.331 e. The average molecular weight is 396 g/mol. The average Bonchev–Trinajstić information content (AvgIpc) is 3.16. The van der Waals surface area contributed by atoms with E-state index in [1.165, 1.54) is 12.2 Å². The van der Waals surface area contributed by atoms with Crippen molar-refractivity contribution in [3.63, 3.8) is 0 Å². The molecule has 2 N–H and O–H groups in total. The molecule has 3 amide bonds. The second-order valence-electron chi connectivity index (χ2n) is 6.30. The Morgan fingerprint density at radius 3 is 2.72 bits per heavy atom. The Morgan fingerprint density at radius 1 is 1.10 bits per heavy atom. The lowest BCUT2D eigenvalue weighted by atomic mass is 10.1. The molecule has 0 atom stereocenters. The van der Waals surface area contributed by atoms with Crippen molar-refractivity contribution in [3.05, 3.63) is 59.2 Å². The van der Waals surface area contributed by atoms with Crippen LogP contribution in [0.4, 0.5) is 10.5 Å². The second-order valence-corrected chi connectivity index (χ2v) is 6.30. The molecule has 1 heterocycles. The number of carbonyl (C=O) groups excluding carboxylic acids is 3. The van der Waals surface area contributed by atoms with E-state index in [0.29, 0.717) is 22.7 Å². The Labute approximate surface area is 167 Å². The molecule has 0 bridgehead atoms. The lowest BCUT2D eigenvalue weighted by Gasteiger charge is -2.10. The van der Waals surface area contributed by atoms with Gasteiger partial charge in [0, 0.05) is 11.8 Å². The molecule has 8 heteroatoms. The maximum Gasteiger partial charge on any atom is 0.331 e. The highest BCUT2D eigenvalue weighted by Gasteiger charge is 2.13. The fourth-order valence-corrected chi connectivity index (χ4v) is 2.57. The molecular weight excluding hydrogens is 376 g/mol. The fourth-order valence-electron chi connectivity index (χ4n) is 2.57. The van der Waals surface area contributed by atoms with E-state index < -0.39 is 24.5 Å². The monoisotopic (exact) mass is 396 g/mol. The van der Waals surface area contributed by atoms with E-state index in [0.717, 1.165) is 11.1 Å². The van der Waals surface area contributed by atoms with E-state index in [9.17, 15) is 14.4 Å². The molecule has 2 aromatic carbocycles. The molecule has 1 aliphatic rings. The number of nitrogens with one attached hydrogen (secondary N) is 2. The summed E-state index contributed by atoms with van der Waals surface area (Å²) in [7, 11) is 0. The quantitative estimate of drug-likeness (QED) is 0.595. The van der Waals surface area contributed by atoms with Crippen LogP contribution < -0.4 is 20.1 Å². The lowest BCUT2D eigenvalue weighted by molar-refractivity contribution is -0.143. The van der Waals surface area contributed by atoms with E-state index in [2.05, 4.69) is 10.6 Å². The van der Waals surface area contributed by atoms with Crippen molar-refractivity contribution in [2.45, 2.75) is 13.8 Å². The van der Waals surface area contributed by atoms with Gasteiger partial charge in [0.25, 0.3) is 5.91 Å². The Bertz CT molecular complexity index is 983. The number of ether oxygens (including phenoxy) is 3. The predicted octanol–water partition coefficient (Wildman–Crippen LogP) is 2.94. The lowest BCUT2D eigenvalue weighted by Crippen LogP contribution is -2.37. The summed E-state index contributed by atoms with van der Waals surface area (Å²) in [5.74, 6) is -0.222. The number of fused-ring (bicyclic) bond motifs is 1. The topological polar surface area (TPSA) is 103 Å². The number of aryl methyl sites for hydroxylation is 1. The number of urea groups is 1. The van der Waals surface area contributed by atoms with Crippen LogP contribution in [0.25, 0.3) is 6.08 Å². The van der Waals surface area contributed by atoms with Gasteiger partial charge in [-0.3, -0.25) is 10.1 Å². The molecule has 0 aromatic heterocycles. The van der Waals surface area contributed by atoms with E-state index in [1.54, 1.807) is 30.3 Å². The summed E-state index contributed by atoms with van der Waals surface area (Å²) in [6.07, 6.45) is 2.70. The van der Waals surface area contributed by atoms with E-state index in [4.69, 9.17) is 14.2 Å². The largest absolute Gasteiger partial charge is 0.454 e. The first kappa shape index (κ1) is 19.9. The van der Waals surface area contributed by atoms with Crippen LogP contribution in [-0.4, -0.2) is 31.3 Å². The Morgan fingerprint density at radius 2 is 1.90 bits per heavy atom. The Kier molecular flexibility index (Phi) is 6.13. The number of anilines is 1. The third kappa shape index (κ3) is 5.35.